The summed E-state index contributed by atoms with van der Waals surface area (Å²) >= 11 is 0. The average Bonchev–Trinajstić information content (AvgIpc) is 3.38. The third-order valence-corrected chi connectivity index (χ3v) is 10.7. The highest BCUT2D eigenvalue weighted by Gasteiger charge is 2.39. The normalized spacial score (nSPS) is 19.9. The fourth-order valence-corrected chi connectivity index (χ4v) is 7.53. The number of carbonyl (C=O) groups excluding carboxylic acids is 1. The number of nitrogens with one attached hydrogen (secondary N) is 1. The maximum atomic E-state index is 13.8. The van der Waals surface area contributed by atoms with Gasteiger partial charge in [-0.25, -0.2) is 17.8 Å². The Balaban J connectivity index is 1.07. The van der Waals surface area contributed by atoms with Crippen LogP contribution in [0.3, 0.4) is 0 Å². The zero-order valence-electron chi connectivity index (χ0n) is 24.1. The molecule has 9 nitrogen and oxygen atoms in total. The summed E-state index contributed by atoms with van der Waals surface area (Å²) in [5.41, 5.74) is 4.80. The number of carbonyl (C=O) groups is 1. The second kappa shape index (κ2) is 11.8. The van der Waals surface area contributed by atoms with Gasteiger partial charge in [0, 0.05) is 49.9 Å². The van der Waals surface area contributed by atoms with Crippen molar-refractivity contribution in [2.24, 2.45) is 5.10 Å². The van der Waals surface area contributed by atoms with Gasteiger partial charge < -0.3 is 5.11 Å². The number of fused-ring (bicyclic) bond motifs is 2. The number of hydrazone groups is 1. The molecular weight excluding hydrogens is 562 g/mol. The molecule has 1 aliphatic heterocycles. The Morgan fingerprint density at radius 2 is 1.70 bits per heavy atom. The van der Waals surface area contributed by atoms with E-state index in [-0.39, 0.29) is 18.2 Å². The standard InChI is InChI=1S/C33H35N5O4S/c1-33(15-7-2-8-16-33)43(41,42)38-23-26(28-11-5-6-12-30(28)38)22-36-17-19-37(20-18-36)24-32(40)35-34-21-29-27-10-4-3-9-25(27)13-14-31(29)39/h2-15,21,23,39H,16-20,22,24H2,1H3,(H,35,40)/b34-21-. The molecule has 1 saturated heterocycles. The predicted molar refractivity (Wildman–Crippen MR) is 171 cm³/mol. The van der Waals surface area contributed by atoms with Gasteiger partial charge in [-0.05, 0) is 41.8 Å². The van der Waals surface area contributed by atoms with Crippen molar-refractivity contribution in [1.29, 1.82) is 0 Å². The number of benzene rings is 3. The highest BCUT2D eigenvalue weighted by atomic mass is 32.2. The van der Waals surface area contributed by atoms with Crippen molar-refractivity contribution in [1.82, 2.24) is 19.2 Å². The molecule has 1 aromatic heterocycles. The number of amides is 1. The van der Waals surface area contributed by atoms with Gasteiger partial charge in [0.1, 0.15) is 10.5 Å². The van der Waals surface area contributed by atoms with Gasteiger partial charge in [-0.3, -0.25) is 14.6 Å². The molecule has 1 aliphatic carbocycles. The largest absolute Gasteiger partial charge is 0.507 e. The number of rotatable bonds is 8. The molecule has 222 valence electrons. The fraction of sp³-hybridized carbons (Fsp3) is 0.273. The van der Waals surface area contributed by atoms with E-state index < -0.39 is 14.8 Å². The van der Waals surface area contributed by atoms with Crippen LogP contribution in [-0.2, 0) is 21.4 Å². The summed E-state index contributed by atoms with van der Waals surface area (Å²) < 4.78 is 28.1. The molecule has 2 heterocycles. The Morgan fingerprint density at radius 3 is 2.47 bits per heavy atom. The summed E-state index contributed by atoms with van der Waals surface area (Å²) in [6.07, 6.45) is 11.0. The average molecular weight is 598 g/mol. The van der Waals surface area contributed by atoms with Crippen LogP contribution < -0.4 is 5.43 Å². The van der Waals surface area contributed by atoms with E-state index in [0.29, 0.717) is 37.1 Å². The van der Waals surface area contributed by atoms with Crippen LogP contribution in [0, 0.1) is 0 Å². The van der Waals surface area contributed by atoms with Crippen molar-refractivity contribution < 1.29 is 18.3 Å². The van der Waals surface area contributed by atoms with E-state index >= 15 is 0 Å². The number of phenolic OH excluding ortho intramolecular Hbond substituents is 1. The molecule has 4 aromatic rings. The topological polar surface area (TPSA) is 107 Å². The molecule has 0 spiro atoms. The molecule has 10 heteroatoms. The molecule has 3 aromatic carbocycles. The monoisotopic (exact) mass is 597 g/mol. The zero-order chi connectivity index (χ0) is 30.0. The Kier molecular flexibility index (Phi) is 7.91. The van der Waals surface area contributed by atoms with Crippen LogP contribution in [0.1, 0.15) is 24.5 Å². The molecular formula is C33H35N5O4S. The van der Waals surface area contributed by atoms with Crippen molar-refractivity contribution in [3.8, 4) is 5.75 Å². The second-order valence-corrected chi connectivity index (χ2v) is 13.6. The van der Waals surface area contributed by atoms with Crippen molar-refractivity contribution in [2.75, 3.05) is 32.7 Å². The van der Waals surface area contributed by atoms with E-state index in [1.165, 1.54) is 10.2 Å². The molecule has 1 unspecified atom stereocenters. The lowest BCUT2D eigenvalue weighted by atomic mass is 10.0. The maximum Gasteiger partial charge on any atom is 0.254 e. The number of para-hydroxylation sites is 1. The van der Waals surface area contributed by atoms with Gasteiger partial charge in [0.25, 0.3) is 5.91 Å². The van der Waals surface area contributed by atoms with E-state index in [9.17, 15) is 18.3 Å². The van der Waals surface area contributed by atoms with Crippen LogP contribution in [0.15, 0.2) is 96.3 Å². The molecule has 0 bridgehead atoms. The second-order valence-electron chi connectivity index (χ2n) is 11.3. The van der Waals surface area contributed by atoms with E-state index in [2.05, 4.69) is 20.3 Å². The Hall–Kier alpha value is -4.25. The molecule has 1 fully saturated rings. The molecule has 1 amide bonds. The molecule has 0 saturated carbocycles. The number of aromatic nitrogens is 1. The lowest BCUT2D eigenvalue weighted by Gasteiger charge is -2.34. The van der Waals surface area contributed by atoms with Gasteiger partial charge in [0.2, 0.25) is 10.0 Å². The Labute approximate surface area is 251 Å². The minimum atomic E-state index is -3.69. The fourth-order valence-electron chi connectivity index (χ4n) is 5.84. The quantitative estimate of drug-likeness (QED) is 0.233. The Morgan fingerprint density at radius 1 is 0.977 bits per heavy atom. The lowest BCUT2D eigenvalue weighted by molar-refractivity contribution is -0.122. The van der Waals surface area contributed by atoms with E-state index in [4.69, 9.17) is 0 Å². The van der Waals surface area contributed by atoms with Crippen LogP contribution >= 0.6 is 0 Å². The SMILES string of the molecule is CC1(S(=O)(=O)n2cc(CN3CCN(CC(=O)N/N=C\c4c(O)ccc5ccccc45)CC3)c3ccccc32)C=CC=CC1. The van der Waals surface area contributed by atoms with Gasteiger partial charge >= 0.3 is 0 Å². The van der Waals surface area contributed by atoms with Crippen molar-refractivity contribution in [3.05, 3.63) is 102 Å². The number of hydrogen-bond acceptors (Lipinski definition) is 7. The first-order chi connectivity index (χ1) is 20.7. The molecule has 1 atom stereocenters. The van der Waals surface area contributed by atoms with E-state index in [1.807, 2.05) is 66.7 Å². The van der Waals surface area contributed by atoms with Crippen molar-refractivity contribution in [3.63, 3.8) is 0 Å². The number of aromatic hydroxyl groups is 1. The summed E-state index contributed by atoms with van der Waals surface area (Å²) in [6, 6.07) is 18.8. The van der Waals surface area contributed by atoms with Crippen molar-refractivity contribution >= 4 is 43.8 Å². The summed E-state index contributed by atoms with van der Waals surface area (Å²) in [7, 11) is -3.69. The number of piperazine rings is 1. The third kappa shape index (κ3) is 5.73. The maximum absolute atomic E-state index is 13.8. The van der Waals surface area contributed by atoms with Crippen LogP contribution in [0.25, 0.3) is 21.7 Å². The Bertz CT molecular complexity index is 1870. The van der Waals surface area contributed by atoms with Gasteiger partial charge in [-0.15, -0.1) is 0 Å². The first-order valence-corrected chi connectivity index (χ1v) is 15.8. The van der Waals surface area contributed by atoms with Gasteiger partial charge in [-0.2, -0.15) is 5.10 Å². The van der Waals surface area contributed by atoms with E-state index in [1.54, 1.807) is 31.3 Å². The van der Waals surface area contributed by atoms with Gasteiger partial charge in [-0.1, -0.05) is 72.8 Å². The van der Waals surface area contributed by atoms with Crippen LogP contribution in [0.4, 0.5) is 0 Å². The lowest BCUT2D eigenvalue weighted by Crippen LogP contribution is -2.48. The highest BCUT2D eigenvalue weighted by molar-refractivity contribution is 7.91. The minimum Gasteiger partial charge on any atom is -0.507 e. The number of hydrogen-bond donors (Lipinski definition) is 2. The highest BCUT2D eigenvalue weighted by Crippen LogP contribution is 2.33. The molecule has 6 rings (SSSR count). The van der Waals surface area contributed by atoms with Gasteiger partial charge in [0.15, 0.2) is 0 Å². The smallest absolute Gasteiger partial charge is 0.254 e. The van der Waals surface area contributed by atoms with Gasteiger partial charge in [0.05, 0.1) is 18.3 Å². The molecule has 0 radical (unpaired) electrons. The molecule has 2 aliphatic rings. The first-order valence-electron chi connectivity index (χ1n) is 14.4. The zero-order valence-corrected chi connectivity index (χ0v) is 24.9. The summed E-state index contributed by atoms with van der Waals surface area (Å²) in [4.78, 5) is 17.0. The van der Waals surface area contributed by atoms with Crippen LogP contribution in [0.2, 0.25) is 0 Å². The van der Waals surface area contributed by atoms with Crippen molar-refractivity contribution in [2.45, 2.75) is 24.6 Å². The number of phenols is 1. The number of allylic oxidation sites excluding steroid dienone is 3. The summed E-state index contributed by atoms with van der Waals surface area (Å²) in [5, 5.41) is 17.1. The predicted octanol–water partition coefficient (Wildman–Crippen LogP) is 4.22. The molecule has 2 N–H and O–H groups in total. The first kappa shape index (κ1) is 28.9. The van der Waals surface area contributed by atoms with E-state index in [0.717, 1.165) is 34.8 Å². The minimum absolute atomic E-state index is 0.103. The summed E-state index contributed by atoms with van der Waals surface area (Å²) in [5.74, 6) is -0.122. The number of nitrogens with zero attached hydrogens (tertiary/aromatic N) is 4. The summed E-state index contributed by atoms with van der Waals surface area (Å²) in [6.45, 7) is 5.50. The molecule has 43 heavy (non-hydrogen) atoms. The third-order valence-electron chi connectivity index (χ3n) is 8.38. The van der Waals surface area contributed by atoms with Crippen LogP contribution in [-0.4, -0.2) is 76.9 Å². The van der Waals surface area contributed by atoms with Crippen LogP contribution in [0.5, 0.6) is 5.75 Å².